The molecule has 27 heavy (non-hydrogen) atoms. The Morgan fingerprint density at radius 2 is 2.11 bits per heavy atom. The topological polar surface area (TPSA) is 98.5 Å². The van der Waals surface area contributed by atoms with Gasteiger partial charge in [0.05, 0.1) is 17.6 Å². The van der Waals surface area contributed by atoms with Gasteiger partial charge in [-0.1, -0.05) is 13.0 Å². The highest BCUT2D eigenvalue weighted by Crippen LogP contribution is 2.40. The number of carbonyl (C=O) groups excluding carboxylic acids is 2. The average molecular weight is 388 g/mol. The summed E-state index contributed by atoms with van der Waals surface area (Å²) in [6.07, 6.45) is 2.60. The number of hydrogen-bond acceptors (Lipinski definition) is 6. The zero-order valence-corrected chi connectivity index (χ0v) is 16.1. The Bertz CT molecular complexity index is 934. The average Bonchev–Trinajstić information content (AvgIpc) is 2.97. The zero-order chi connectivity index (χ0) is 19.7. The van der Waals surface area contributed by atoms with Gasteiger partial charge in [0.2, 0.25) is 0 Å². The van der Waals surface area contributed by atoms with Gasteiger partial charge < -0.3 is 10.1 Å². The number of aryl methyl sites for hydroxylation is 1. The van der Waals surface area contributed by atoms with Crippen LogP contribution in [0.5, 0.6) is 0 Å². The Morgan fingerprint density at radius 1 is 1.37 bits per heavy atom. The van der Waals surface area contributed by atoms with Crippen molar-refractivity contribution in [1.82, 2.24) is 0 Å². The Balaban J connectivity index is 1.96. The number of anilines is 1. The lowest BCUT2D eigenvalue weighted by Gasteiger charge is -2.18. The number of amides is 1. The molecule has 142 valence electrons. The summed E-state index contributed by atoms with van der Waals surface area (Å²) in [5.74, 6) is -0.452. The summed E-state index contributed by atoms with van der Waals surface area (Å²) in [4.78, 5) is 36.6. The Labute approximate surface area is 160 Å². The van der Waals surface area contributed by atoms with Crippen LogP contribution in [0.15, 0.2) is 18.2 Å². The van der Waals surface area contributed by atoms with E-state index in [1.165, 1.54) is 36.6 Å². The van der Waals surface area contributed by atoms with Crippen molar-refractivity contribution in [3.8, 4) is 0 Å². The molecule has 3 rings (SSSR count). The maximum Gasteiger partial charge on any atom is 0.341 e. The summed E-state index contributed by atoms with van der Waals surface area (Å²) in [5, 5.41) is 14.3. The third-order valence-electron chi connectivity index (χ3n) is 4.80. The molecule has 0 saturated carbocycles. The molecule has 1 heterocycles. The van der Waals surface area contributed by atoms with Crippen LogP contribution in [0.4, 0.5) is 10.7 Å². The van der Waals surface area contributed by atoms with Gasteiger partial charge in [0.25, 0.3) is 11.6 Å². The van der Waals surface area contributed by atoms with Crippen LogP contribution in [-0.2, 0) is 17.6 Å². The fraction of sp³-hybridized carbons (Fsp3) is 0.368. The third-order valence-corrected chi connectivity index (χ3v) is 5.97. The molecule has 1 aliphatic rings. The summed E-state index contributed by atoms with van der Waals surface area (Å²) in [6, 6.07) is 4.32. The van der Waals surface area contributed by atoms with Gasteiger partial charge in [-0.2, -0.15) is 0 Å². The molecule has 8 heteroatoms. The van der Waals surface area contributed by atoms with E-state index in [1.807, 2.05) is 0 Å². The van der Waals surface area contributed by atoms with Crippen molar-refractivity contribution >= 4 is 33.9 Å². The predicted molar refractivity (Wildman–Crippen MR) is 103 cm³/mol. The van der Waals surface area contributed by atoms with E-state index < -0.39 is 16.8 Å². The number of ether oxygens (including phenoxy) is 1. The first-order valence-electron chi connectivity index (χ1n) is 8.61. The van der Waals surface area contributed by atoms with Crippen molar-refractivity contribution < 1.29 is 19.2 Å². The molecule has 0 spiro atoms. The van der Waals surface area contributed by atoms with Gasteiger partial charge in [-0.3, -0.25) is 14.9 Å². The minimum atomic E-state index is -0.517. The molecular formula is C19H20N2O5S. The van der Waals surface area contributed by atoms with Gasteiger partial charge in [-0.25, -0.2) is 4.79 Å². The van der Waals surface area contributed by atoms with Crippen LogP contribution in [0.1, 0.15) is 50.1 Å². The second-order valence-electron chi connectivity index (χ2n) is 6.76. The predicted octanol–water partition coefficient (Wildman–Crippen LogP) is 4.13. The van der Waals surface area contributed by atoms with Crippen molar-refractivity contribution in [2.24, 2.45) is 5.92 Å². The van der Waals surface area contributed by atoms with Crippen LogP contribution >= 0.6 is 11.3 Å². The quantitative estimate of drug-likeness (QED) is 0.482. The zero-order valence-electron chi connectivity index (χ0n) is 15.3. The van der Waals surface area contributed by atoms with Gasteiger partial charge in [-0.05, 0) is 43.7 Å². The standard InChI is InChI=1S/C19H20N2O5S/c1-10-4-7-13-15(8-10)27-18(16(13)19(23)26-3)20-17(22)12-6-5-11(2)14(9-12)21(24)25/h5-6,9-10H,4,7-8H2,1-3H3,(H,20,22). The van der Waals surface area contributed by atoms with E-state index in [-0.39, 0.29) is 11.3 Å². The van der Waals surface area contributed by atoms with Crippen LogP contribution in [-0.4, -0.2) is 23.9 Å². The third kappa shape index (κ3) is 3.71. The number of nitrogens with one attached hydrogen (secondary N) is 1. The lowest BCUT2D eigenvalue weighted by Crippen LogP contribution is -2.16. The number of carbonyl (C=O) groups is 2. The number of methoxy groups -OCH3 is 1. The monoisotopic (exact) mass is 388 g/mol. The van der Waals surface area contributed by atoms with Gasteiger partial charge in [0.15, 0.2) is 0 Å². The van der Waals surface area contributed by atoms with E-state index in [1.54, 1.807) is 6.92 Å². The molecule has 1 atom stereocenters. The molecule has 1 aromatic carbocycles. The molecule has 1 amide bonds. The number of nitro benzene ring substituents is 1. The van der Waals surface area contributed by atoms with Crippen LogP contribution in [0.3, 0.4) is 0 Å². The van der Waals surface area contributed by atoms with E-state index >= 15 is 0 Å². The van der Waals surface area contributed by atoms with E-state index in [0.29, 0.717) is 22.0 Å². The maximum atomic E-state index is 12.7. The van der Waals surface area contributed by atoms with E-state index in [4.69, 9.17) is 4.74 Å². The molecule has 1 aromatic heterocycles. The van der Waals surface area contributed by atoms with Gasteiger partial charge in [0, 0.05) is 22.1 Å². The summed E-state index contributed by atoms with van der Waals surface area (Å²) in [6.45, 7) is 3.77. The second kappa shape index (κ2) is 7.48. The molecule has 0 saturated heterocycles. The molecule has 0 bridgehead atoms. The minimum absolute atomic E-state index is 0.116. The summed E-state index contributed by atoms with van der Waals surface area (Å²) in [5.41, 5.74) is 1.87. The molecule has 1 unspecified atom stereocenters. The molecule has 2 aromatic rings. The summed E-state index contributed by atoms with van der Waals surface area (Å²) >= 11 is 1.38. The first kappa shape index (κ1) is 19.0. The van der Waals surface area contributed by atoms with Crippen LogP contribution < -0.4 is 5.32 Å². The number of rotatable bonds is 4. The smallest absolute Gasteiger partial charge is 0.341 e. The number of thiophene rings is 1. The highest BCUT2D eigenvalue weighted by Gasteiger charge is 2.29. The van der Waals surface area contributed by atoms with Gasteiger partial charge >= 0.3 is 5.97 Å². The molecule has 0 aliphatic heterocycles. The SMILES string of the molecule is COC(=O)c1c(NC(=O)c2ccc(C)c([N+](=O)[O-])c2)sc2c1CCC(C)C2. The molecule has 0 radical (unpaired) electrons. The second-order valence-corrected chi connectivity index (χ2v) is 7.87. The van der Waals surface area contributed by atoms with Gasteiger partial charge in [0.1, 0.15) is 5.00 Å². The minimum Gasteiger partial charge on any atom is -0.465 e. The van der Waals surface area contributed by atoms with E-state index in [9.17, 15) is 19.7 Å². The lowest BCUT2D eigenvalue weighted by molar-refractivity contribution is -0.385. The van der Waals surface area contributed by atoms with Crippen molar-refractivity contribution in [1.29, 1.82) is 0 Å². The van der Waals surface area contributed by atoms with Crippen molar-refractivity contribution in [3.05, 3.63) is 55.4 Å². The lowest BCUT2D eigenvalue weighted by atomic mass is 9.88. The number of nitro groups is 1. The summed E-state index contributed by atoms with van der Waals surface area (Å²) < 4.78 is 4.91. The number of benzene rings is 1. The van der Waals surface area contributed by atoms with Crippen molar-refractivity contribution in [3.63, 3.8) is 0 Å². The molecule has 1 N–H and O–H groups in total. The molecule has 7 nitrogen and oxygen atoms in total. The first-order valence-corrected chi connectivity index (χ1v) is 9.42. The highest BCUT2D eigenvalue weighted by molar-refractivity contribution is 7.17. The number of esters is 1. The number of nitrogens with zero attached hydrogens (tertiary/aromatic N) is 1. The largest absolute Gasteiger partial charge is 0.465 e. The maximum absolute atomic E-state index is 12.7. The van der Waals surface area contributed by atoms with Crippen molar-refractivity contribution in [2.45, 2.75) is 33.1 Å². The Morgan fingerprint density at radius 3 is 2.78 bits per heavy atom. The number of hydrogen-bond donors (Lipinski definition) is 1. The van der Waals surface area contributed by atoms with E-state index in [0.717, 1.165) is 29.7 Å². The number of fused-ring (bicyclic) bond motifs is 1. The highest BCUT2D eigenvalue weighted by atomic mass is 32.1. The molecule has 1 aliphatic carbocycles. The normalized spacial score (nSPS) is 15.7. The fourth-order valence-corrected chi connectivity index (χ4v) is 4.67. The Hall–Kier alpha value is -2.74. The van der Waals surface area contributed by atoms with Crippen LogP contribution in [0, 0.1) is 23.0 Å². The summed E-state index contributed by atoms with van der Waals surface area (Å²) in [7, 11) is 1.31. The van der Waals surface area contributed by atoms with E-state index in [2.05, 4.69) is 12.2 Å². The van der Waals surface area contributed by atoms with Crippen molar-refractivity contribution in [2.75, 3.05) is 12.4 Å². The van der Waals surface area contributed by atoms with Gasteiger partial charge in [-0.15, -0.1) is 11.3 Å². The Kier molecular flexibility index (Phi) is 5.27. The van der Waals surface area contributed by atoms with Crippen LogP contribution in [0.25, 0.3) is 0 Å². The fourth-order valence-electron chi connectivity index (χ4n) is 3.28. The molecule has 0 fully saturated rings. The van der Waals surface area contributed by atoms with Crippen LogP contribution in [0.2, 0.25) is 0 Å². The first-order chi connectivity index (χ1) is 12.8. The molecular weight excluding hydrogens is 368 g/mol.